The van der Waals surface area contributed by atoms with E-state index in [9.17, 15) is 16.8 Å². The van der Waals surface area contributed by atoms with Crippen LogP contribution in [0.25, 0.3) is 10.2 Å². The number of thioether (sulfide) groups is 1. The Morgan fingerprint density at radius 2 is 1.54 bits per heavy atom. The van der Waals surface area contributed by atoms with Gasteiger partial charge < -0.3 is 0 Å². The minimum absolute atomic E-state index is 0.227. The number of para-hydroxylation sites is 1. The molecule has 0 amide bonds. The van der Waals surface area contributed by atoms with Crippen LogP contribution in [0.5, 0.6) is 0 Å². The van der Waals surface area contributed by atoms with Crippen LogP contribution in [0.4, 0.5) is 0 Å². The Morgan fingerprint density at radius 3 is 2.19 bits per heavy atom. The maximum Gasteiger partial charge on any atom is 0.298 e. The number of rotatable bonds is 11. The smallest absolute Gasteiger partial charge is 0.286 e. The lowest BCUT2D eigenvalue weighted by atomic mass is 10.3. The number of thiazole rings is 1. The van der Waals surface area contributed by atoms with Gasteiger partial charge in [0, 0.05) is 18.2 Å². The number of aryl methyl sites for hydroxylation is 1. The Hall–Kier alpha value is -0.720. The van der Waals surface area contributed by atoms with Gasteiger partial charge in [-0.25, -0.2) is 0 Å². The molecule has 0 spiro atoms. The van der Waals surface area contributed by atoms with Gasteiger partial charge in [0.05, 0.1) is 11.5 Å². The van der Waals surface area contributed by atoms with Gasteiger partial charge in [0.2, 0.25) is 5.52 Å². The Labute approximate surface area is 161 Å². The number of fused-ring (bicyclic) bond motifs is 1. The zero-order valence-corrected chi connectivity index (χ0v) is 17.3. The second-order valence-corrected chi connectivity index (χ2v) is 11.3. The van der Waals surface area contributed by atoms with Gasteiger partial charge >= 0.3 is 0 Å². The molecule has 2 rings (SSSR count). The normalized spacial score (nSPS) is 12.7. The van der Waals surface area contributed by atoms with Crippen LogP contribution in [0.15, 0.2) is 28.6 Å². The van der Waals surface area contributed by atoms with E-state index in [-0.39, 0.29) is 11.5 Å². The fourth-order valence-electron chi connectivity index (χ4n) is 2.43. The summed E-state index contributed by atoms with van der Waals surface area (Å²) in [5.41, 5.74) is 1.07. The van der Waals surface area contributed by atoms with Crippen LogP contribution < -0.4 is 4.57 Å². The summed E-state index contributed by atoms with van der Waals surface area (Å²) in [7, 11) is -7.84. The van der Waals surface area contributed by atoms with Gasteiger partial charge in [-0.15, -0.1) is 0 Å². The topological polar surface area (TPSA) is 113 Å². The first-order chi connectivity index (χ1) is 12.2. The van der Waals surface area contributed by atoms with Gasteiger partial charge in [-0.2, -0.15) is 21.4 Å². The maximum atomic E-state index is 10.8. The molecule has 26 heavy (non-hydrogen) atoms. The SMILES string of the molecule is O=S(=O)(O)CCCCSc1sc2ccccc2[n+]1CCCCS(=O)(=O)O. The molecule has 1 heterocycles. The Balaban J connectivity index is 1.98. The van der Waals surface area contributed by atoms with E-state index < -0.39 is 20.2 Å². The van der Waals surface area contributed by atoms with E-state index in [4.69, 9.17) is 9.11 Å². The van der Waals surface area contributed by atoms with Gasteiger partial charge in [-0.1, -0.05) is 23.5 Å². The predicted molar refractivity (Wildman–Crippen MR) is 104 cm³/mol. The molecule has 0 bridgehead atoms. The van der Waals surface area contributed by atoms with Crippen molar-refractivity contribution in [1.29, 1.82) is 0 Å². The summed E-state index contributed by atoms with van der Waals surface area (Å²) in [5, 5.41) is 0. The van der Waals surface area contributed by atoms with Crippen molar-refractivity contribution in [3.63, 3.8) is 0 Å². The molecule has 0 aliphatic carbocycles. The average Bonchev–Trinajstić information content (AvgIpc) is 2.87. The minimum Gasteiger partial charge on any atom is -0.286 e. The lowest BCUT2D eigenvalue weighted by Gasteiger charge is -2.00. The van der Waals surface area contributed by atoms with E-state index >= 15 is 0 Å². The van der Waals surface area contributed by atoms with Crippen LogP contribution in [0.1, 0.15) is 25.7 Å². The van der Waals surface area contributed by atoms with Crippen LogP contribution in [-0.2, 0) is 26.8 Å². The lowest BCUT2D eigenvalue weighted by molar-refractivity contribution is -0.702. The standard InChI is InChI=1S/C15H21NO6S4/c17-25(18,19)11-5-3-9-16-13-7-1-2-8-14(13)24-15(16)23-10-4-6-12-26(20,21)22/h1-2,7-8H,3-6,9-12H2,(H-,17,18,19,20,21,22)/p+1. The van der Waals surface area contributed by atoms with Crippen molar-refractivity contribution in [1.82, 2.24) is 0 Å². The van der Waals surface area contributed by atoms with E-state index in [1.165, 1.54) is 0 Å². The molecule has 11 heteroatoms. The molecule has 0 aliphatic rings. The second kappa shape index (κ2) is 9.47. The molecule has 1 aromatic carbocycles. The number of nitrogens with zero attached hydrogens (tertiary/aromatic N) is 1. The first kappa shape index (κ1) is 21.6. The number of unbranched alkanes of at least 4 members (excludes halogenated alkanes) is 2. The van der Waals surface area contributed by atoms with E-state index in [0.29, 0.717) is 32.2 Å². The summed E-state index contributed by atoms with van der Waals surface area (Å²) in [6.45, 7) is 0.646. The van der Waals surface area contributed by atoms with E-state index in [1.54, 1.807) is 23.1 Å². The summed E-state index contributed by atoms with van der Waals surface area (Å²) in [6.07, 6.45) is 2.09. The molecule has 2 N–H and O–H groups in total. The van der Waals surface area contributed by atoms with Crippen LogP contribution in [0.3, 0.4) is 0 Å². The number of hydrogen-bond acceptors (Lipinski definition) is 6. The monoisotopic (exact) mass is 440 g/mol. The van der Waals surface area contributed by atoms with Crippen molar-refractivity contribution >= 4 is 53.6 Å². The summed E-state index contributed by atoms with van der Waals surface area (Å²) in [5.74, 6) is 0.261. The van der Waals surface area contributed by atoms with Crippen molar-refractivity contribution in [2.24, 2.45) is 0 Å². The molecule has 146 valence electrons. The van der Waals surface area contributed by atoms with E-state index in [0.717, 1.165) is 20.3 Å². The van der Waals surface area contributed by atoms with Gasteiger partial charge in [-0.3, -0.25) is 9.11 Å². The van der Waals surface area contributed by atoms with Crippen LogP contribution >= 0.6 is 23.1 Å². The third kappa shape index (κ3) is 7.49. The third-order valence-electron chi connectivity index (χ3n) is 3.63. The highest BCUT2D eigenvalue weighted by Gasteiger charge is 2.20. The molecular weight excluding hydrogens is 418 g/mol. The van der Waals surface area contributed by atoms with Crippen LogP contribution in [0.2, 0.25) is 0 Å². The molecule has 0 fully saturated rings. The zero-order chi connectivity index (χ0) is 19.2. The van der Waals surface area contributed by atoms with Crippen molar-refractivity contribution in [2.45, 2.75) is 36.6 Å². The van der Waals surface area contributed by atoms with Crippen molar-refractivity contribution in [3.05, 3.63) is 24.3 Å². The largest absolute Gasteiger partial charge is 0.298 e. The summed E-state index contributed by atoms with van der Waals surface area (Å²) in [6, 6.07) is 7.94. The fraction of sp³-hybridized carbons (Fsp3) is 0.533. The van der Waals surface area contributed by atoms with E-state index in [1.807, 2.05) is 24.3 Å². The van der Waals surface area contributed by atoms with Crippen LogP contribution in [-0.4, -0.2) is 43.2 Å². The van der Waals surface area contributed by atoms with Crippen molar-refractivity contribution in [2.75, 3.05) is 17.3 Å². The molecule has 0 saturated carbocycles. The molecule has 7 nitrogen and oxygen atoms in total. The third-order valence-corrected chi connectivity index (χ3v) is 7.76. The Kier molecular flexibility index (Phi) is 7.86. The molecule has 2 aromatic rings. The summed E-state index contributed by atoms with van der Waals surface area (Å²) >= 11 is 3.27. The average molecular weight is 441 g/mol. The van der Waals surface area contributed by atoms with Crippen molar-refractivity contribution in [3.8, 4) is 0 Å². The van der Waals surface area contributed by atoms with Gasteiger partial charge in [-0.05, 0) is 37.1 Å². The summed E-state index contributed by atoms with van der Waals surface area (Å²) in [4.78, 5) is 0. The van der Waals surface area contributed by atoms with Crippen molar-refractivity contribution < 1.29 is 30.5 Å². The first-order valence-electron chi connectivity index (χ1n) is 8.10. The van der Waals surface area contributed by atoms with Gasteiger partial charge in [0.1, 0.15) is 4.70 Å². The Morgan fingerprint density at radius 1 is 0.923 bits per heavy atom. The highest BCUT2D eigenvalue weighted by molar-refractivity contribution is 8.01. The molecule has 0 radical (unpaired) electrons. The zero-order valence-electron chi connectivity index (χ0n) is 14.1. The summed E-state index contributed by atoms with van der Waals surface area (Å²) < 4.78 is 65.1. The maximum absolute atomic E-state index is 10.8. The highest BCUT2D eigenvalue weighted by Crippen LogP contribution is 2.28. The van der Waals surface area contributed by atoms with Gasteiger partial charge in [0.15, 0.2) is 6.54 Å². The molecule has 0 aliphatic heterocycles. The second-order valence-electron chi connectivity index (χ2n) is 5.82. The molecule has 0 atom stereocenters. The molecule has 0 unspecified atom stereocenters. The first-order valence-corrected chi connectivity index (χ1v) is 13.1. The number of hydrogen-bond donors (Lipinski definition) is 2. The molecule has 1 aromatic heterocycles. The highest BCUT2D eigenvalue weighted by atomic mass is 32.2. The quantitative estimate of drug-likeness (QED) is 0.239. The minimum atomic E-state index is -3.93. The predicted octanol–water partition coefficient (Wildman–Crippen LogP) is 2.62. The lowest BCUT2D eigenvalue weighted by Crippen LogP contribution is -2.34. The molecule has 0 saturated heterocycles. The van der Waals surface area contributed by atoms with E-state index in [2.05, 4.69) is 4.57 Å². The fourth-order valence-corrected chi connectivity index (χ4v) is 6.11. The number of benzene rings is 1. The Bertz CT molecular complexity index is 936. The van der Waals surface area contributed by atoms with Gasteiger partial charge in [0.25, 0.3) is 24.6 Å². The number of aromatic nitrogens is 1. The van der Waals surface area contributed by atoms with Crippen LogP contribution in [0, 0.1) is 0 Å². The molecular formula is C15H22NO6S4+.